The van der Waals surface area contributed by atoms with Crippen molar-refractivity contribution in [3.63, 3.8) is 0 Å². The molecule has 0 aliphatic carbocycles. The molecule has 1 fully saturated rings. The predicted molar refractivity (Wildman–Crippen MR) is 55.4 cm³/mol. The number of hydrogen-bond donors (Lipinski definition) is 1. The average molecular weight is 186 g/mol. The first-order valence-corrected chi connectivity index (χ1v) is 4.92. The summed E-state index contributed by atoms with van der Waals surface area (Å²) in [4.78, 5) is 12.9. The SMILES string of the molecule is CC.CN1C(=O)CN[C@@H]1C(C)(C)C. The molecule has 1 N–H and O–H groups in total. The van der Waals surface area contributed by atoms with Crippen molar-refractivity contribution in [1.29, 1.82) is 0 Å². The first-order chi connectivity index (χ1) is 5.93. The highest BCUT2D eigenvalue weighted by molar-refractivity contribution is 5.80. The smallest absolute Gasteiger partial charge is 0.237 e. The summed E-state index contributed by atoms with van der Waals surface area (Å²) >= 11 is 0. The van der Waals surface area contributed by atoms with Gasteiger partial charge in [-0.3, -0.25) is 10.1 Å². The molecule has 0 bridgehead atoms. The van der Waals surface area contributed by atoms with E-state index in [-0.39, 0.29) is 17.5 Å². The van der Waals surface area contributed by atoms with E-state index < -0.39 is 0 Å². The van der Waals surface area contributed by atoms with Gasteiger partial charge in [0.2, 0.25) is 5.91 Å². The van der Waals surface area contributed by atoms with Crippen LogP contribution in [-0.4, -0.2) is 30.6 Å². The number of likely N-dealkylation sites (N-methyl/N-ethyl adjacent to an activating group) is 1. The number of nitrogens with zero attached hydrogens (tertiary/aromatic N) is 1. The summed E-state index contributed by atoms with van der Waals surface area (Å²) < 4.78 is 0. The third-order valence-corrected chi connectivity index (χ3v) is 2.05. The van der Waals surface area contributed by atoms with Crippen molar-refractivity contribution in [3.8, 4) is 0 Å². The Kier molecular flexibility index (Phi) is 4.40. The van der Waals surface area contributed by atoms with Gasteiger partial charge in [0.25, 0.3) is 0 Å². The largest absolute Gasteiger partial charge is 0.329 e. The summed E-state index contributed by atoms with van der Waals surface area (Å²) in [7, 11) is 1.85. The quantitative estimate of drug-likeness (QED) is 0.621. The second kappa shape index (κ2) is 4.61. The van der Waals surface area contributed by atoms with Crippen molar-refractivity contribution < 1.29 is 4.79 Å². The average Bonchev–Trinajstić information content (AvgIpc) is 2.36. The number of hydrogen-bond acceptors (Lipinski definition) is 2. The van der Waals surface area contributed by atoms with Gasteiger partial charge in [-0.25, -0.2) is 0 Å². The molecule has 0 radical (unpaired) electrons. The molecule has 0 spiro atoms. The van der Waals surface area contributed by atoms with Crippen molar-refractivity contribution in [2.75, 3.05) is 13.6 Å². The van der Waals surface area contributed by atoms with E-state index in [1.165, 1.54) is 0 Å². The van der Waals surface area contributed by atoms with E-state index in [2.05, 4.69) is 26.1 Å². The van der Waals surface area contributed by atoms with Crippen molar-refractivity contribution in [1.82, 2.24) is 10.2 Å². The number of carbonyl (C=O) groups is 1. The van der Waals surface area contributed by atoms with Crippen LogP contribution in [0.3, 0.4) is 0 Å². The molecule has 3 heteroatoms. The Labute approximate surface area is 81.5 Å². The molecule has 3 nitrogen and oxygen atoms in total. The maximum absolute atomic E-state index is 11.1. The summed E-state index contributed by atoms with van der Waals surface area (Å²) in [6.45, 7) is 10.9. The Morgan fingerprint density at radius 2 is 1.85 bits per heavy atom. The van der Waals surface area contributed by atoms with E-state index in [1.807, 2.05) is 20.9 Å². The highest BCUT2D eigenvalue weighted by Crippen LogP contribution is 2.23. The molecular formula is C10H22N2O. The zero-order valence-electron chi connectivity index (χ0n) is 9.64. The van der Waals surface area contributed by atoms with E-state index in [1.54, 1.807) is 4.90 Å². The van der Waals surface area contributed by atoms with Gasteiger partial charge in [-0.05, 0) is 5.41 Å². The van der Waals surface area contributed by atoms with Gasteiger partial charge in [0, 0.05) is 7.05 Å². The number of amides is 1. The lowest BCUT2D eigenvalue weighted by Gasteiger charge is -2.32. The van der Waals surface area contributed by atoms with Crippen LogP contribution in [0.5, 0.6) is 0 Å². The Bertz CT molecular complexity index is 172. The summed E-state index contributed by atoms with van der Waals surface area (Å²) in [6, 6.07) is 0. The zero-order chi connectivity index (χ0) is 10.6. The van der Waals surface area contributed by atoms with Gasteiger partial charge in [0.1, 0.15) is 0 Å². The van der Waals surface area contributed by atoms with Gasteiger partial charge in [0.15, 0.2) is 0 Å². The second-order valence-electron chi connectivity index (χ2n) is 4.15. The maximum Gasteiger partial charge on any atom is 0.237 e. The first-order valence-electron chi connectivity index (χ1n) is 4.92. The monoisotopic (exact) mass is 186 g/mol. The summed E-state index contributed by atoms with van der Waals surface area (Å²) in [6.07, 6.45) is 0.190. The van der Waals surface area contributed by atoms with E-state index in [0.29, 0.717) is 6.54 Å². The molecule has 1 saturated heterocycles. The zero-order valence-corrected chi connectivity index (χ0v) is 9.64. The molecule has 1 aliphatic rings. The van der Waals surface area contributed by atoms with Crippen LogP contribution in [0.1, 0.15) is 34.6 Å². The normalized spacial score (nSPS) is 22.8. The topological polar surface area (TPSA) is 32.3 Å². The fourth-order valence-electron chi connectivity index (χ4n) is 1.48. The molecule has 1 amide bonds. The van der Waals surface area contributed by atoms with E-state index >= 15 is 0 Å². The first kappa shape index (κ1) is 12.4. The van der Waals surface area contributed by atoms with Crippen LogP contribution in [0.2, 0.25) is 0 Å². The van der Waals surface area contributed by atoms with Crippen molar-refractivity contribution in [2.45, 2.75) is 40.8 Å². The maximum atomic E-state index is 11.1. The van der Waals surface area contributed by atoms with Gasteiger partial charge in [0.05, 0.1) is 12.7 Å². The van der Waals surface area contributed by atoms with Crippen LogP contribution >= 0.6 is 0 Å². The van der Waals surface area contributed by atoms with Gasteiger partial charge in [-0.1, -0.05) is 34.6 Å². The van der Waals surface area contributed by atoms with Crippen molar-refractivity contribution in [3.05, 3.63) is 0 Å². The summed E-state index contributed by atoms with van der Waals surface area (Å²) in [5.74, 6) is 0.185. The fraction of sp³-hybridized carbons (Fsp3) is 0.900. The van der Waals surface area contributed by atoms with Crippen molar-refractivity contribution >= 4 is 5.91 Å². The minimum Gasteiger partial charge on any atom is -0.329 e. The van der Waals surface area contributed by atoms with Crippen LogP contribution in [0, 0.1) is 5.41 Å². The molecule has 13 heavy (non-hydrogen) atoms. The highest BCUT2D eigenvalue weighted by Gasteiger charge is 2.35. The standard InChI is InChI=1S/C8H16N2O.C2H6/c1-8(2,3)7-9-5-6(11)10(7)4;1-2/h7,9H,5H2,1-4H3;1-2H3/t7-;/m0./s1. The molecular weight excluding hydrogens is 164 g/mol. The van der Waals surface area contributed by atoms with E-state index in [4.69, 9.17) is 0 Å². The van der Waals surface area contributed by atoms with Gasteiger partial charge in [-0.2, -0.15) is 0 Å². The second-order valence-corrected chi connectivity index (χ2v) is 4.15. The van der Waals surface area contributed by atoms with Crippen LogP contribution < -0.4 is 5.32 Å². The lowest BCUT2D eigenvalue weighted by molar-refractivity contribution is -0.127. The van der Waals surface area contributed by atoms with Crippen LogP contribution in [-0.2, 0) is 4.79 Å². The molecule has 0 aromatic heterocycles. The molecule has 78 valence electrons. The van der Waals surface area contributed by atoms with E-state index in [9.17, 15) is 4.79 Å². The Morgan fingerprint density at radius 1 is 1.38 bits per heavy atom. The minimum atomic E-state index is 0.126. The molecule has 0 aromatic rings. The molecule has 1 rings (SSSR count). The lowest BCUT2D eigenvalue weighted by atomic mass is 9.92. The number of rotatable bonds is 0. The summed E-state index contributed by atoms with van der Waals surface area (Å²) in [5.41, 5.74) is 0.126. The Hall–Kier alpha value is -0.570. The molecule has 1 heterocycles. The minimum absolute atomic E-state index is 0.126. The van der Waals surface area contributed by atoms with Gasteiger partial charge < -0.3 is 4.90 Å². The van der Waals surface area contributed by atoms with Crippen LogP contribution in [0.15, 0.2) is 0 Å². The summed E-state index contributed by atoms with van der Waals surface area (Å²) in [5, 5.41) is 3.17. The molecule has 1 aliphatic heterocycles. The molecule has 0 unspecified atom stereocenters. The van der Waals surface area contributed by atoms with Gasteiger partial charge >= 0.3 is 0 Å². The fourth-order valence-corrected chi connectivity index (χ4v) is 1.48. The number of carbonyl (C=O) groups excluding carboxylic acids is 1. The third kappa shape index (κ3) is 2.99. The predicted octanol–water partition coefficient (Wildman–Crippen LogP) is 1.45. The van der Waals surface area contributed by atoms with Crippen molar-refractivity contribution in [2.24, 2.45) is 5.41 Å². The highest BCUT2D eigenvalue weighted by atomic mass is 16.2. The van der Waals surface area contributed by atoms with E-state index in [0.717, 1.165) is 0 Å². The Morgan fingerprint density at radius 3 is 2.00 bits per heavy atom. The van der Waals surface area contributed by atoms with Crippen LogP contribution in [0.4, 0.5) is 0 Å². The lowest BCUT2D eigenvalue weighted by Crippen LogP contribution is -2.44. The van der Waals surface area contributed by atoms with Gasteiger partial charge in [-0.15, -0.1) is 0 Å². The molecule has 0 saturated carbocycles. The number of nitrogens with one attached hydrogen (secondary N) is 1. The molecule has 0 aromatic carbocycles. The Balaban J connectivity index is 0.000000671. The third-order valence-electron chi connectivity index (χ3n) is 2.05. The molecule has 1 atom stereocenters. The van der Waals surface area contributed by atoms with Crippen LogP contribution in [0.25, 0.3) is 0 Å².